The minimum atomic E-state index is -0.650. The third kappa shape index (κ3) is 5.41. The Morgan fingerprint density at radius 2 is 2.00 bits per heavy atom. The van der Waals surface area contributed by atoms with E-state index < -0.39 is 11.7 Å². The van der Waals surface area contributed by atoms with Gasteiger partial charge in [0.05, 0.1) is 28.6 Å². The largest absolute Gasteiger partial charge is 0.497 e. The zero-order chi connectivity index (χ0) is 21.0. The molecule has 2 heterocycles. The number of anilines is 1. The van der Waals surface area contributed by atoms with Gasteiger partial charge in [-0.2, -0.15) is 0 Å². The Balaban J connectivity index is 1.74. The molecular formula is C20H22N4O4S. The van der Waals surface area contributed by atoms with Crippen LogP contribution in [0.3, 0.4) is 0 Å². The van der Waals surface area contributed by atoms with Crippen molar-refractivity contribution in [2.24, 2.45) is 0 Å². The van der Waals surface area contributed by atoms with E-state index in [0.717, 1.165) is 21.0 Å². The molecule has 0 unspecified atom stereocenters. The standard InChI is InChI=1S/C20H22N4O4S/c1-20(2,3)28-19(26)22-11-17(25)23-14-7-8-21-10-13(14)18-24-15-9-12(27-4)5-6-16(15)29-18/h5-10H,11H2,1-4H3,(H,22,26)(H,21,23,25). The van der Waals surface area contributed by atoms with Gasteiger partial charge in [0.15, 0.2) is 0 Å². The van der Waals surface area contributed by atoms with E-state index in [9.17, 15) is 9.59 Å². The van der Waals surface area contributed by atoms with E-state index in [2.05, 4.69) is 20.6 Å². The predicted molar refractivity (Wildman–Crippen MR) is 112 cm³/mol. The molecule has 0 radical (unpaired) electrons. The normalized spacial score (nSPS) is 11.2. The number of rotatable bonds is 5. The smallest absolute Gasteiger partial charge is 0.408 e. The van der Waals surface area contributed by atoms with Crippen molar-refractivity contribution in [3.63, 3.8) is 0 Å². The lowest BCUT2D eigenvalue weighted by atomic mass is 10.2. The topological polar surface area (TPSA) is 102 Å². The van der Waals surface area contributed by atoms with E-state index in [4.69, 9.17) is 9.47 Å². The van der Waals surface area contributed by atoms with Gasteiger partial charge in [-0.25, -0.2) is 9.78 Å². The second kappa shape index (κ2) is 8.44. The monoisotopic (exact) mass is 414 g/mol. The van der Waals surface area contributed by atoms with Crippen LogP contribution in [0.4, 0.5) is 10.5 Å². The maximum Gasteiger partial charge on any atom is 0.408 e. The number of nitrogens with zero attached hydrogens (tertiary/aromatic N) is 2. The zero-order valence-corrected chi connectivity index (χ0v) is 17.4. The first kappa shape index (κ1) is 20.5. The van der Waals surface area contributed by atoms with Crippen molar-refractivity contribution < 1.29 is 19.1 Å². The van der Waals surface area contributed by atoms with Gasteiger partial charge in [0.2, 0.25) is 5.91 Å². The molecule has 3 rings (SSSR count). The Labute approximate surface area is 172 Å². The molecule has 0 aliphatic rings. The fourth-order valence-corrected chi connectivity index (χ4v) is 3.45. The molecule has 2 amide bonds. The Morgan fingerprint density at radius 1 is 1.21 bits per heavy atom. The van der Waals surface area contributed by atoms with Gasteiger partial charge in [-0.05, 0) is 39.0 Å². The summed E-state index contributed by atoms with van der Waals surface area (Å²) in [5.74, 6) is 0.341. The zero-order valence-electron chi connectivity index (χ0n) is 16.6. The Morgan fingerprint density at radius 3 is 2.72 bits per heavy atom. The first-order valence-corrected chi connectivity index (χ1v) is 9.72. The molecule has 0 bridgehead atoms. The number of hydrogen-bond acceptors (Lipinski definition) is 7. The van der Waals surface area contributed by atoms with Gasteiger partial charge in [-0.15, -0.1) is 11.3 Å². The average molecular weight is 414 g/mol. The van der Waals surface area contributed by atoms with Crippen molar-refractivity contribution in [1.82, 2.24) is 15.3 Å². The summed E-state index contributed by atoms with van der Waals surface area (Å²) >= 11 is 1.49. The van der Waals surface area contributed by atoms with Crippen molar-refractivity contribution >= 4 is 39.2 Å². The lowest BCUT2D eigenvalue weighted by Crippen LogP contribution is -2.37. The molecule has 29 heavy (non-hydrogen) atoms. The molecule has 3 aromatic rings. The Kier molecular flexibility index (Phi) is 5.97. The number of carbonyl (C=O) groups is 2. The fourth-order valence-electron chi connectivity index (χ4n) is 2.48. The molecule has 0 aliphatic carbocycles. The number of pyridine rings is 1. The lowest BCUT2D eigenvalue weighted by Gasteiger charge is -2.19. The number of fused-ring (bicyclic) bond motifs is 1. The Hall–Kier alpha value is -3.20. The molecule has 152 valence electrons. The third-order valence-corrected chi connectivity index (χ3v) is 4.78. The molecule has 2 N–H and O–H groups in total. The van der Waals surface area contributed by atoms with E-state index in [1.807, 2.05) is 18.2 Å². The molecular weight excluding hydrogens is 392 g/mol. The summed E-state index contributed by atoms with van der Waals surface area (Å²) in [6.07, 6.45) is 2.57. The first-order chi connectivity index (χ1) is 13.7. The van der Waals surface area contributed by atoms with Gasteiger partial charge in [0.1, 0.15) is 22.9 Å². The van der Waals surface area contributed by atoms with Crippen LogP contribution in [0.25, 0.3) is 20.8 Å². The number of amides is 2. The maximum absolute atomic E-state index is 12.3. The van der Waals surface area contributed by atoms with Crippen molar-refractivity contribution in [3.8, 4) is 16.3 Å². The third-order valence-electron chi connectivity index (χ3n) is 3.71. The van der Waals surface area contributed by atoms with Crippen LogP contribution < -0.4 is 15.4 Å². The second-order valence-corrected chi connectivity index (χ2v) is 8.21. The molecule has 0 atom stereocenters. The van der Waals surface area contributed by atoms with Crippen molar-refractivity contribution in [3.05, 3.63) is 36.7 Å². The van der Waals surface area contributed by atoms with Crippen molar-refractivity contribution in [1.29, 1.82) is 0 Å². The van der Waals surface area contributed by atoms with Crippen LogP contribution in [-0.4, -0.2) is 41.2 Å². The van der Waals surface area contributed by atoms with E-state index in [0.29, 0.717) is 11.3 Å². The molecule has 0 saturated carbocycles. The van der Waals surface area contributed by atoms with Crippen molar-refractivity contribution in [2.75, 3.05) is 19.0 Å². The lowest BCUT2D eigenvalue weighted by molar-refractivity contribution is -0.115. The summed E-state index contributed by atoms with van der Waals surface area (Å²) < 4.78 is 11.4. The van der Waals surface area contributed by atoms with Crippen LogP contribution in [0.2, 0.25) is 0 Å². The number of thiazole rings is 1. The number of benzene rings is 1. The molecule has 0 fully saturated rings. The number of ether oxygens (including phenoxy) is 2. The molecule has 1 aromatic carbocycles. The number of methoxy groups -OCH3 is 1. The van der Waals surface area contributed by atoms with Gasteiger partial charge in [-0.3, -0.25) is 9.78 Å². The van der Waals surface area contributed by atoms with Crippen LogP contribution in [0, 0.1) is 0 Å². The summed E-state index contributed by atoms with van der Waals surface area (Å²) in [6.45, 7) is 5.05. The van der Waals surface area contributed by atoms with Crippen LogP contribution in [0.5, 0.6) is 5.75 Å². The molecule has 0 aliphatic heterocycles. The highest BCUT2D eigenvalue weighted by Crippen LogP contribution is 2.35. The van der Waals surface area contributed by atoms with Crippen molar-refractivity contribution in [2.45, 2.75) is 26.4 Å². The molecule has 0 saturated heterocycles. The van der Waals surface area contributed by atoms with E-state index >= 15 is 0 Å². The SMILES string of the molecule is COc1ccc2sc(-c3cnccc3NC(=O)CNC(=O)OC(C)(C)C)nc2c1. The van der Waals surface area contributed by atoms with Gasteiger partial charge in [0, 0.05) is 18.5 Å². The van der Waals surface area contributed by atoms with E-state index in [1.165, 1.54) is 11.3 Å². The van der Waals surface area contributed by atoms with Crippen LogP contribution in [-0.2, 0) is 9.53 Å². The number of hydrogen-bond donors (Lipinski definition) is 2. The minimum Gasteiger partial charge on any atom is -0.497 e. The first-order valence-electron chi connectivity index (χ1n) is 8.91. The quantitative estimate of drug-likeness (QED) is 0.658. The number of carbonyl (C=O) groups excluding carboxylic acids is 2. The summed E-state index contributed by atoms with van der Waals surface area (Å²) in [6, 6.07) is 7.36. The fraction of sp³-hybridized carbons (Fsp3) is 0.300. The molecule has 9 heteroatoms. The van der Waals surface area contributed by atoms with Gasteiger partial charge in [0.25, 0.3) is 0 Å². The predicted octanol–water partition coefficient (Wildman–Crippen LogP) is 3.83. The van der Waals surface area contributed by atoms with Gasteiger partial charge < -0.3 is 20.1 Å². The highest BCUT2D eigenvalue weighted by molar-refractivity contribution is 7.21. The summed E-state index contributed by atoms with van der Waals surface area (Å²) in [5, 5.41) is 5.94. The van der Waals surface area contributed by atoms with E-state index in [-0.39, 0.29) is 12.5 Å². The maximum atomic E-state index is 12.3. The van der Waals surface area contributed by atoms with Crippen LogP contribution in [0.1, 0.15) is 20.8 Å². The average Bonchev–Trinajstić information content (AvgIpc) is 3.08. The molecule has 0 spiro atoms. The van der Waals surface area contributed by atoms with E-state index in [1.54, 1.807) is 46.3 Å². The highest BCUT2D eigenvalue weighted by Gasteiger charge is 2.17. The minimum absolute atomic E-state index is 0.215. The molecule has 8 nitrogen and oxygen atoms in total. The summed E-state index contributed by atoms with van der Waals surface area (Å²) in [7, 11) is 1.61. The van der Waals surface area contributed by atoms with Gasteiger partial charge >= 0.3 is 6.09 Å². The summed E-state index contributed by atoms with van der Waals surface area (Å²) in [4.78, 5) is 32.8. The second-order valence-electron chi connectivity index (χ2n) is 7.18. The van der Waals surface area contributed by atoms with Crippen LogP contribution in [0.15, 0.2) is 36.7 Å². The molecule has 2 aromatic heterocycles. The number of aromatic nitrogens is 2. The van der Waals surface area contributed by atoms with Crippen LogP contribution >= 0.6 is 11.3 Å². The number of nitrogens with one attached hydrogen (secondary N) is 2. The summed E-state index contributed by atoms with van der Waals surface area (Å²) in [5.41, 5.74) is 1.42. The highest BCUT2D eigenvalue weighted by atomic mass is 32.1. The Bertz CT molecular complexity index is 1040. The number of alkyl carbamates (subject to hydrolysis) is 1. The van der Waals surface area contributed by atoms with Gasteiger partial charge in [-0.1, -0.05) is 0 Å².